The van der Waals surface area contributed by atoms with Gasteiger partial charge in [0.15, 0.2) is 0 Å². The highest BCUT2D eigenvalue weighted by Gasteiger charge is 2.29. The highest BCUT2D eigenvalue weighted by molar-refractivity contribution is 5.93. The maximum absolute atomic E-state index is 13.3. The van der Waals surface area contributed by atoms with Crippen LogP contribution < -0.4 is 26.0 Å². The van der Waals surface area contributed by atoms with Crippen LogP contribution in [0.15, 0.2) is 24.4 Å². The molecule has 38 heavy (non-hydrogen) atoms. The van der Waals surface area contributed by atoms with Crippen molar-refractivity contribution in [2.75, 3.05) is 40.8 Å². The number of likely N-dealkylation sites (N-methyl/N-ethyl adjacent to an activating group) is 1. The van der Waals surface area contributed by atoms with Crippen LogP contribution in [0.2, 0.25) is 0 Å². The van der Waals surface area contributed by atoms with E-state index in [1.807, 2.05) is 53.3 Å². The molecule has 2 aromatic rings. The van der Waals surface area contributed by atoms with Crippen molar-refractivity contribution < 1.29 is 19.1 Å². The van der Waals surface area contributed by atoms with E-state index < -0.39 is 24.1 Å². The van der Waals surface area contributed by atoms with E-state index in [1.165, 1.54) is 0 Å². The van der Waals surface area contributed by atoms with Crippen LogP contribution in [-0.4, -0.2) is 80.7 Å². The Morgan fingerprint density at radius 2 is 1.82 bits per heavy atom. The van der Waals surface area contributed by atoms with E-state index in [1.54, 1.807) is 6.07 Å². The fraction of sp³-hybridized carbons (Fsp3) is 0.607. The lowest BCUT2D eigenvalue weighted by atomic mass is 10.0. The van der Waals surface area contributed by atoms with Crippen molar-refractivity contribution in [2.45, 2.75) is 65.0 Å². The lowest BCUT2D eigenvalue weighted by Gasteiger charge is -2.25. The van der Waals surface area contributed by atoms with Crippen LogP contribution >= 0.6 is 0 Å². The molecule has 0 unspecified atom stereocenters. The van der Waals surface area contributed by atoms with Crippen molar-refractivity contribution in [1.29, 1.82) is 0 Å². The number of unbranched alkanes of at least 4 members (excludes halogenated alkanes) is 1. The van der Waals surface area contributed by atoms with E-state index >= 15 is 0 Å². The fourth-order valence-electron chi connectivity index (χ4n) is 4.16. The van der Waals surface area contributed by atoms with Crippen LogP contribution in [0.3, 0.4) is 0 Å². The molecule has 0 fully saturated rings. The maximum Gasteiger partial charge on any atom is 0.413 e. The summed E-state index contributed by atoms with van der Waals surface area (Å²) in [7, 11) is 5.85. The Kier molecular flexibility index (Phi) is 13.1. The molecule has 0 bridgehead atoms. The average Bonchev–Trinajstić information content (AvgIpc) is 3.29. The summed E-state index contributed by atoms with van der Waals surface area (Å²) in [5.41, 5.74) is 1.93. The van der Waals surface area contributed by atoms with Gasteiger partial charge in [0.1, 0.15) is 17.8 Å². The molecule has 0 aliphatic heterocycles. The molecule has 1 aromatic carbocycles. The number of nitrogens with zero attached hydrogens (tertiary/aromatic N) is 1. The SMILES string of the molecule is CCCCNC(=O)[C@H](NC(=O)[C@@H](CCCNC)NC(=O)Oc1cccc2[nH]cc(CCN(C)C)c12)C(C)C. The molecule has 1 aromatic heterocycles. The summed E-state index contributed by atoms with van der Waals surface area (Å²) in [5.74, 6) is -0.311. The molecule has 5 N–H and O–H groups in total. The number of hydrogen-bond acceptors (Lipinski definition) is 6. The number of ether oxygens (including phenoxy) is 1. The van der Waals surface area contributed by atoms with E-state index in [-0.39, 0.29) is 11.8 Å². The minimum absolute atomic E-state index is 0.114. The predicted octanol–water partition coefficient (Wildman–Crippen LogP) is 2.79. The Labute approximate surface area is 226 Å². The van der Waals surface area contributed by atoms with Gasteiger partial charge in [-0.1, -0.05) is 33.3 Å². The Morgan fingerprint density at radius 3 is 2.47 bits per heavy atom. The zero-order valence-corrected chi connectivity index (χ0v) is 23.8. The van der Waals surface area contributed by atoms with Gasteiger partial charge in [0, 0.05) is 30.2 Å². The second-order valence-corrected chi connectivity index (χ2v) is 10.3. The summed E-state index contributed by atoms with van der Waals surface area (Å²) in [6.07, 6.45) is 4.90. The third-order valence-electron chi connectivity index (χ3n) is 6.38. The monoisotopic (exact) mass is 530 g/mol. The second kappa shape index (κ2) is 16.0. The molecule has 10 nitrogen and oxygen atoms in total. The molecule has 212 valence electrons. The van der Waals surface area contributed by atoms with Crippen LogP contribution in [0.1, 0.15) is 52.0 Å². The molecule has 3 amide bonds. The third kappa shape index (κ3) is 9.64. The molecule has 0 spiro atoms. The van der Waals surface area contributed by atoms with E-state index in [9.17, 15) is 14.4 Å². The minimum atomic E-state index is -0.848. The van der Waals surface area contributed by atoms with Crippen molar-refractivity contribution in [3.8, 4) is 5.75 Å². The van der Waals surface area contributed by atoms with Crippen LogP contribution in [0.4, 0.5) is 4.79 Å². The average molecular weight is 531 g/mol. The predicted molar refractivity (Wildman–Crippen MR) is 151 cm³/mol. The molecule has 0 aliphatic carbocycles. The third-order valence-corrected chi connectivity index (χ3v) is 6.38. The molecular weight excluding hydrogens is 484 g/mol. The molecule has 1 heterocycles. The summed E-state index contributed by atoms with van der Waals surface area (Å²) in [6.45, 7) is 7.91. The number of carbonyl (C=O) groups excluding carboxylic acids is 3. The van der Waals surface area contributed by atoms with Crippen molar-refractivity contribution in [1.82, 2.24) is 31.2 Å². The van der Waals surface area contributed by atoms with E-state index in [0.717, 1.165) is 42.3 Å². The number of nitrogens with one attached hydrogen (secondary N) is 5. The summed E-state index contributed by atoms with van der Waals surface area (Å²) in [6, 6.07) is 3.96. The Balaban J connectivity index is 2.15. The van der Waals surface area contributed by atoms with Crippen molar-refractivity contribution in [3.05, 3.63) is 30.0 Å². The standard InChI is InChI=1S/C28H46N6O4/c1-7-8-16-30-27(36)25(19(2)3)33-26(35)22(12-10-15-29-4)32-28(37)38-23-13-9-11-21-24(23)20(18-31-21)14-17-34(5)6/h9,11,13,18-19,22,25,29,31H,7-8,10,12,14-17H2,1-6H3,(H,30,36)(H,32,37)(H,33,35)/t22-,25-/m1/s1. The summed E-state index contributed by atoms with van der Waals surface area (Å²) < 4.78 is 5.73. The van der Waals surface area contributed by atoms with E-state index in [2.05, 4.69) is 38.1 Å². The Hall–Kier alpha value is -3.11. The van der Waals surface area contributed by atoms with E-state index in [4.69, 9.17) is 4.74 Å². The zero-order chi connectivity index (χ0) is 28.1. The topological polar surface area (TPSA) is 128 Å². The quantitative estimate of drug-likeness (QED) is 0.212. The first-order chi connectivity index (χ1) is 18.2. The van der Waals surface area contributed by atoms with Gasteiger partial charge in [0.05, 0.1) is 0 Å². The molecule has 0 aliphatic rings. The number of carbonyl (C=O) groups is 3. The smallest absolute Gasteiger partial charge is 0.410 e. The van der Waals surface area contributed by atoms with Gasteiger partial charge in [-0.2, -0.15) is 0 Å². The van der Waals surface area contributed by atoms with Gasteiger partial charge in [-0.05, 0) is 77.0 Å². The molecule has 10 heteroatoms. The molecule has 2 rings (SSSR count). The number of amides is 3. The largest absolute Gasteiger partial charge is 0.413 e. The number of aromatic amines is 1. The number of fused-ring (bicyclic) bond motifs is 1. The maximum atomic E-state index is 13.3. The van der Waals surface area contributed by atoms with Crippen LogP contribution in [0, 0.1) is 5.92 Å². The Morgan fingerprint density at radius 1 is 1.05 bits per heavy atom. The molecule has 0 radical (unpaired) electrons. The van der Waals surface area contributed by atoms with Gasteiger partial charge >= 0.3 is 6.09 Å². The molecular formula is C28H46N6O4. The molecule has 0 saturated carbocycles. The van der Waals surface area contributed by atoms with Crippen LogP contribution in [0.5, 0.6) is 5.75 Å². The lowest BCUT2D eigenvalue weighted by molar-refractivity contribution is -0.131. The summed E-state index contributed by atoms with van der Waals surface area (Å²) in [4.78, 5) is 44.3. The highest BCUT2D eigenvalue weighted by Crippen LogP contribution is 2.29. The number of benzene rings is 1. The first-order valence-electron chi connectivity index (χ1n) is 13.6. The number of hydrogen-bond donors (Lipinski definition) is 5. The first kappa shape index (κ1) is 31.1. The fourth-order valence-corrected chi connectivity index (χ4v) is 4.16. The second-order valence-electron chi connectivity index (χ2n) is 10.3. The van der Waals surface area contributed by atoms with Gasteiger partial charge in [0.2, 0.25) is 11.8 Å². The van der Waals surface area contributed by atoms with Crippen molar-refractivity contribution in [2.24, 2.45) is 5.92 Å². The highest BCUT2D eigenvalue weighted by atomic mass is 16.6. The number of aromatic nitrogens is 1. The summed E-state index contributed by atoms with van der Waals surface area (Å²) in [5, 5.41) is 12.4. The first-order valence-corrected chi connectivity index (χ1v) is 13.6. The normalized spacial score (nSPS) is 12.9. The summed E-state index contributed by atoms with van der Waals surface area (Å²) >= 11 is 0. The minimum Gasteiger partial charge on any atom is -0.410 e. The van der Waals surface area contributed by atoms with Crippen molar-refractivity contribution >= 4 is 28.8 Å². The number of H-pyrrole nitrogens is 1. The number of rotatable bonds is 16. The van der Waals surface area contributed by atoms with Gasteiger partial charge in [-0.15, -0.1) is 0 Å². The molecule has 2 atom stereocenters. The zero-order valence-electron chi connectivity index (χ0n) is 23.8. The van der Waals surface area contributed by atoms with Gasteiger partial charge < -0.3 is 35.9 Å². The molecule has 0 saturated heterocycles. The van der Waals surface area contributed by atoms with E-state index in [0.29, 0.717) is 31.7 Å². The van der Waals surface area contributed by atoms with Gasteiger partial charge in [0.25, 0.3) is 0 Å². The lowest BCUT2D eigenvalue weighted by Crippen LogP contribution is -2.55. The van der Waals surface area contributed by atoms with Crippen LogP contribution in [-0.2, 0) is 16.0 Å². The van der Waals surface area contributed by atoms with Gasteiger partial charge in [-0.25, -0.2) is 4.79 Å². The Bertz CT molecular complexity index is 1040. The van der Waals surface area contributed by atoms with Crippen molar-refractivity contribution in [3.63, 3.8) is 0 Å². The van der Waals surface area contributed by atoms with Crippen LogP contribution in [0.25, 0.3) is 10.9 Å². The van der Waals surface area contributed by atoms with Gasteiger partial charge in [-0.3, -0.25) is 9.59 Å².